The molecule has 0 saturated heterocycles. The summed E-state index contributed by atoms with van der Waals surface area (Å²) >= 11 is 12.1. The maximum atomic E-state index is 9.07. The molecule has 2 aromatic carbocycles. The van der Waals surface area contributed by atoms with Gasteiger partial charge in [-0.2, -0.15) is 5.26 Å². The Hall–Kier alpha value is -1.89. The average molecular weight is 308 g/mol. The smallest absolute Gasteiger partial charge is 0.141 e. The summed E-state index contributed by atoms with van der Waals surface area (Å²) in [6.45, 7) is 0.181. The fourth-order valence-electron chi connectivity index (χ4n) is 1.66. The molecule has 2 aromatic rings. The predicted molar refractivity (Wildman–Crippen MR) is 78.5 cm³/mol. The number of benzene rings is 2. The van der Waals surface area contributed by atoms with E-state index >= 15 is 0 Å². The van der Waals surface area contributed by atoms with Crippen molar-refractivity contribution in [1.82, 2.24) is 0 Å². The molecule has 0 radical (unpaired) electrons. The van der Waals surface area contributed by atoms with Crippen LogP contribution in [0.25, 0.3) is 0 Å². The van der Waals surface area contributed by atoms with Crippen molar-refractivity contribution >= 4 is 23.2 Å². The Morgan fingerprint density at radius 3 is 2.45 bits per heavy atom. The molecule has 0 N–H and O–H groups in total. The molecule has 102 valence electrons. The van der Waals surface area contributed by atoms with Crippen LogP contribution < -0.4 is 9.47 Å². The Balaban J connectivity index is 2.25. The van der Waals surface area contributed by atoms with Crippen LogP contribution >= 0.6 is 23.2 Å². The number of rotatable bonds is 4. The first-order valence-corrected chi connectivity index (χ1v) is 6.55. The molecule has 0 aliphatic heterocycles. The van der Waals surface area contributed by atoms with Crippen LogP contribution in [0.4, 0.5) is 0 Å². The van der Waals surface area contributed by atoms with Gasteiger partial charge in [-0.05, 0) is 24.3 Å². The van der Waals surface area contributed by atoms with Gasteiger partial charge in [0.15, 0.2) is 0 Å². The fraction of sp³-hybridized carbons (Fsp3) is 0.133. The van der Waals surface area contributed by atoms with Crippen molar-refractivity contribution in [3.63, 3.8) is 0 Å². The van der Waals surface area contributed by atoms with Gasteiger partial charge >= 0.3 is 0 Å². The van der Waals surface area contributed by atoms with Crippen LogP contribution in [0.15, 0.2) is 36.4 Å². The van der Waals surface area contributed by atoms with Crippen LogP contribution in [0.5, 0.6) is 11.5 Å². The van der Waals surface area contributed by atoms with E-state index in [0.29, 0.717) is 32.7 Å². The molecular formula is C15H11Cl2NO2. The second-order valence-corrected chi connectivity index (χ2v) is 4.78. The maximum absolute atomic E-state index is 9.07. The third kappa shape index (κ3) is 3.16. The zero-order valence-electron chi connectivity index (χ0n) is 10.7. The summed E-state index contributed by atoms with van der Waals surface area (Å²) in [5.74, 6) is 1.05. The summed E-state index contributed by atoms with van der Waals surface area (Å²) in [7, 11) is 1.55. The Morgan fingerprint density at radius 1 is 1.15 bits per heavy atom. The Bertz CT molecular complexity index is 645. The number of nitrogens with zero attached hydrogens (tertiary/aromatic N) is 1. The molecule has 2 rings (SSSR count). The molecule has 0 unspecified atom stereocenters. The summed E-state index contributed by atoms with van der Waals surface area (Å²) in [6.07, 6.45) is 0. The Labute approximate surface area is 127 Å². The summed E-state index contributed by atoms with van der Waals surface area (Å²) < 4.78 is 10.8. The quantitative estimate of drug-likeness (QED) is 0.838. The highest BCUT2D eigenvalue weighted by Crippen LogP contribution is 2.28. The van der Waals surface area contributed by atoms with Crippen molar-refractivity contribution < 1.29 is 9.47 Å². The van der Waals surface area contributed by atoms with Gasteiger partial charge in [0.2, 0.25) is 0 Å². The van der Waals surface area contributed by atoms with Gasteiger partial charge in [-0.1, -0.05) is 29.3 Å². The number of methoxy groups -OCH3 is 1. The molecule has 0 aliphatic rings. The van der Waals surface area contributed by atoms with Crippen LogP contribution in [0.2, 0.25) is 10.0 Å². The maximum Gasteiger partial charge on any atom is 0.141 e. The van der Waals surface area contributed by atoms with Crippen molar-refractivity contribution in [3.05, 3.63) is 57.6 Å². The first kappa shape index (κ1) is 14.5. The Kier molecular flexibility index (Phi) is 4.73. The summed E-state index contributed by atoms with van der Waals surface area (Å²) in [5.41, 5.74) is 1.11. The van der Waals surface area contributed by atoms with E-state index in [-0.39, 0.29) is 6.61 Å². The fourth-order valence-corrected chi connectivity index (χ4v) is 2.17. The molecule has 0 amide bonds. The van der Waals surface area contributed by atoms with E-state index in [0.717, 1.165) is 0 Å². The van der Waals surface area contributed by atoms with Crippen LogP contribution in [0.1, 0.15) is 11.1 Å². The molecule has 0 saturated carbocycles. The second kappa shape index (κ2) is 6.51. The minimum atomic E-state index is 0.181. The van der Waals surface area contributed by atoms with E-state index in [1.54, 1.807) is 43.5 Å². The lowest BCUT2D eigenvalue weighted by atomic mass is 10.2. The molecule has 0 aromatic heterocycles. The van der Waals surface area contributed by atoms with Crippen molar-refractivity contribution in [2.24, 2.45) is 0 Å². The van der Waals surface area contributed by atoms with Gasteiger partial charge in [0.25, 0.3) is 0 Å². The number of ether oxygens (including phenoxy) is 2. The molecule has 0 atom stereocenters. The van der Waals surface area contributed by atoms with E-state index in [1.165, 1.54) is 0 Å². The van der Waals surface area contributed by atoms with Gasteiger partial charge < -0.3 is 9.47 Å². The number of halogens is 2. The third-order valence-electron chi connectivity index (χ3n) is 2.74. The summed E-state index contributed by atoms with van der Waals surface area (Å²) in [5, 5.41) is 10.1. The van der Waals surface area contributed by atoms with Crippen LogP contribution in [0, 0.1) is 11.3 Å². The predicted octanol–water partition coefficient (Wildman–Crippen LogP) is 4.45. The third-order valence-corrected chi connectivity index (χ3v) is 3.45. The summed E-state index contributed by atoms with van der Waals surface area (Å²) in [4.78, 5) is 0. The Morgan fingerprint density at radius 2 is 1.85 bits per heavy atom. The lowest BCUT2D eigenvalue weighted by Gasteiger charge is -2.11. The standard InChI is InChI=1S/C15H11Cl2NO2/c1-19-11-6-5-10(8-18)15(7-11)20-9-12-13(16)3-2-4-14(12)17/h2-7H,9H2,1H3. The van der Waals surface area contributed by atoms with E-state index in [2.05, 4.69) is 6.07 Å². The molecule has 20 heavy (non-hydrogen) atoms. The molecule has 0 heterocycles. The minimum absolute atomic E-state index is 0.181. The van der Waals surface area contributed by atoms with Gasteiger partial charge in [0, 0.05) is 21.7 Å². The molecule has 0 aliphatic carbocycles. The highest BCUT2D eigenvalue weighted by molar-refractivity contribution is 6.35. The van der Waals surface area contributed by atoms with Gasteiger partial charge in [-0.15, -0.1) is 0 Å². The first-order chi connectivity index (χ1) is 9.65. The number of hydrogen-bond acceptors (Lipinski definition) is 3. The van der Waals surface area contributed by atoms with Gasteiger partial charge in [0.1, 0.15) is 24.2 Å². The summed E-state index contributed by atoms with van der Waals surface area (Å²) in [6, 6.07) is 12.3. The lowest BCUT2D eigenvalue weighted by molar-refractivity contribution is 0.303. The molecule has 0 spiro atoms. The monoisotopic (exact) mass is 307 g/mol. The van der Waals surface area contributed by atoms with E-state index in [1.807, 2.05) is 0 Å². The first-order valence-electron chi connectivity index (χ1n) is 5.79. The van der Waals surface area contributed by atoms with E-state index < -0.39 is 0 Å². The lowest BCUT2D eigenvalue weighted by Crippen LogP contribution is -1.99. The van der Waals surface area contributed by atoms with Crippen LogP contribution in [0.3, 0.4) is 0 Å². The minimum Gasteiger partial charge on any atom is -0.497 e. The van der Waals surface area contributed by atoms with Crippen molar-refractivity contribution in [3.8, 4) is 17.6 Å². The van der Waals surface area contributed by atoms with Crippen LogP contribution in [-0.2, 0) is 6.61 Å². The zero-order valence-corrected chi connectivity index (χ0v) is 12.2. The van der Waals surface area contributed by atoms with Crippen molar-refractivity contribution in [2.45, 2.75) is 6.61 Å². The second-order valence-electron chi connectivity index (χ2n) is 3.96. The largest absolute Gasteiger partial charge is 0.497 e. The van der Waals surface area contributed by atoms with Gasteiger partial charge in [0.05, 0.1) is 12.7 Å². The van der Waals surface area contributed by atoms with Crippen molar-refractivity contribution in [1.29, 1.82) is 5.26 Å². The van der Waals surface area contributed by atoms with Crippen molar-refractivity contribution in [2.75, 3.05) is 7.11 Å². The zero-order chi connectivity index (χ0) is 14.5. The molecule has 0 fully saturated rings. The topological polar surface area (TPSA) is 42.2 Å². The van der Waals surface area contributed by atoms with Gasteiger partial charge in [-0.25, -0.2) is 0 Å². The highest BCUT2D eigenvalue weighted by Gasteiger charge is 2.09. The van der Waals surface area contributed by atoms with Crippen LogP contribution in [-0.4, -0.2) is 7.11 Å². The molecule has 0 bridgehead atoms. The van der Waals surface area contributed by atoms with E-state index in [9.17, 15) is 0 Å². The number of hydrogen-bond donors (Lipinski definition) is 0. The molecular weight excluding hydrogens is 297 g/mol. The molecule has 3 nitrogen and oxygen atoms in total. The number of nitriles is 1. The molecule has 5 heteroatoms. The normalized spacial score (nSPS) is 9.90. The van der Waals surface area contributed by atoms with E-state index in [4.69, 9.17) is 37.9 Å². The van der Waals surface area contributed by atoms with Gasteiger partial charge in [-0.3, -0.25) is 0 Å². The SMILES string of the molecule is COc1ccc(C#N)c(OCc2c(Cl)cccc2Cl)c1. The highest BCUT2D eigenvalue weighted by atomic mass is 35.5. The average Bonchev–Trinajstić information content (AvgIpc) is 2.46.